The molecule has 2 rings (SSSR count). The van der Waals surface area contributed by atoms with Gasteiger partial charge in [-0.25, -0.2) is 0 Å². The molecule has 2 aromatic rings. The number of carbonyl (C=O) groups excluding carboxylic acids is 1. The molecule has 7 heteroatoms. The number of anilines is 1. The summed E-state index contributed by atoms with van der Waals surface area (Å²) in [6.07, 6.45) is 0. The predicted molar refractivity (Wildman–Crippen MR) is 106 cm³/mol. The van der Waals surface area contributed by atoms with E-state index in [1.807, 2.05) is 19.9 Å². The van der Waals surface area contributed by atoms with Crippen molar-refractivity contribution in [2.75, 3.05) is 11.9 Å². The molecule has 0 unspecified atom stereocenters. The number of halogens is 1. The van der Waals surface area contributed by atoms with Crippen LogP contribution in [0.25, 0.3) is 0 Å². The molecule has 132 valence electrons. The first-order chi connectivity index (χ1) is 11.8. The third-order valence-electron chi connectivity index (χ3n) is 3.11. The highest BCUT2D eigenvalue weighted by Gasteiger charge is 2.15. The number of benzene rings is 2. The summed E-state index contributed by atoms with van der Waals surface area (Å²) in [6.45, 7) is 4.59. The van der Waals surface area contributed by atoms with Crippen LogP contribution in [-0.2, 0) is 0 Å². The molecule has 5 nitrogen and oxygen atoms in total. The van der Waals surface area contributed by atoms with Gasteiger partial charge in [0, 0.05) is 10.2 Å². The van der Waals surface area contributed by atoms with Gasteiger partial charge in [0.25, 0.3) is 5.91 Å². The Labute approximate surface area is 160 Å². The monoisotopic (exact) mass is 422 g/mol. The van der Waals surface area contributed by atoms with E-state index >= 15 is 0 Å². The van der Waals surface area contributed by atoms with Gasteiger partial charge in [-0.2, -0.15) is 0 Å². The van der Waals surface area contributed by atoms with Crippen LogP contribution in [-0.4, -0.2) is 22.7 Å². The third kappa shape index (κ3) is 6.03. The first kappa shape index (κ1) is 19.2. The number of phenolic OH excluding ortho intramolecular Hbond substituents is 1. The molecule has 0 heterocycles. The Morgan fingerprint density at radius 2 is 1.92 bits per heavy atom. The molecule has 0 atom stereocenters. The fourth-order valence-corrected chi connectivity index (χ4v) is 2.51. The fraction of sp³-hybridized carbons (Fsp3) is 0.222. The van der Waals surface area contributed by atoms with Gasteiger partial charge in [0.1, 0.15) is 11.5 Å². The predicted octanol–water partition coefficient (Wildman–Crippen LogP) is 4.32. The van der Waals surface area contributed by atoms with Gasteiger partial charge in [0.2, 0.25) is 0 Å². The second kappa shape index (κ2) is 8.82. The summed E-state index contributed by atoms with van der Waals surface area (Å²) in [6, 6.07) is 11.6. The molecule has 0 saturated heterocycles. The lowest BCUT2D eigenvalue weighted by atomic mass is 10.2. The summed E-state index contributed by atoms with van der Waals surface area (Å²) in [5.74, 6) is 0.636. The van der Waals surface area contributed by atoms with E-state index in [9.17, 15) is 9.90 Å². The molecule has 0 saturated carbocycles. The Morgan fingerprint density at radius 3 is 2.56 bits per heavy atom. The Balaban J connectivity index is 2.07. The van der Waals surface area contributed by atoms with Gasteiger partial charge in [0.05, 0.1) is 12.2 Å². The zero-order chi connectivity index (χ0) is 18.4. The van der Waals surface area contributed by atoms with E-state index in [0.29, 0.717) is 29.5 Å². The van der Waals surface area contributed by atoms with Crippen LogP contribution < -0.4 is 15.4 Å². The van der Waals surface area contributed by atoms with Gasteiger partial charge in [-0.1, -0.05) is 29.8 Å². The van der Waals surface area contributed by atoms with Crippen LogP contribution in [0.2, 0.25) is 0 Å². The molecule has 0 aliphatic heterocycles. The largest absolute Gasteiger partial charge is 0.508 e. The quantitative estimate of drug-likeness (QED) is 0.494. The zero-order valence-electron chi connectivity index (χ0n) is 13.9. The maximum absolute atomic E-state index is 12.5. The second-order valence-corrected chi connectivity index (χ2v) is 7.12. The molecular formula is C18H19BrN2O3S. The molecule has 0 radical (unpaired) electrons. The van der Waals surface area contributed by atoms with Crippen molar-refractivity contribution in [2.24, 2.45) is 5.92 Å². The van der Waals surface area contributed by atoms with Gasteiger partial charge in [0.15, 0.2) is 5.11 Å². The maximum Gasteiger partial charge on any atom is 0.261 e. The zero-order valence-corrected chi connectivity index (χ0v) is 16.3. The van der Waals surface area contributed by atoms with Crippen LogP contribution >= 0.6 is 28.1 Å². The standard InChI is InChI=1S/C18H19BrN2O3S/c1-11(2)10-24-16-8-3-12(19)9-15(16)17(23)21-18(25)20-13-4-6-14(22)7-5-13/h3-9,11,22H,10H2,1-2H3,(H2,20,21,23,25). The van der Waals surface area contributed by atoms with Crippen molar-refractivity contribution < 1.29 is 14.6 Å². The Morgan fingerprint density at radius 1 is 1.24 bits per heavy atom. The lowest BCUT2D eigenvalue weighted by molar-refractivity contribution is 0.0973. The van der Waals surface area contributed by atoms with Crippen LogP contribution in [0.4, 0.5) is 5.69 Å². The molecule has 0 bridgehead atoms. The molecule has 3 N–H and O–H groups in total. The summed E-state index contributed by atoms with van der Waals surface area (Å²) in [7, 11) is 0. The number of nitrogens with one attached hydrogen (secondary N) is 2. The number of hydrogen-bond acceptors (Lipinski definition) is 4. The van der Waals surface area contributed by atoms with E-state index in [2.05, 4.69) is 26.6 Å². The van der Waals surface area contributed by atoms with Gasteiger partial charge in [-0.3, -0.25) is 10.1 Å². The average Bonchev–Trinajstić information content (AvgIpc) is 2.55. The second-order valence-electron chi connectivity index (χ2n) is 5.80. The fourth-order valence-electron chi connectivity index (χ4n) is 1.94. The molecule has 0 spiro atoms. The molecule has 1 amide bonds. The highest BCUT2D eigenvalue weighted by atomic mass is 79.9. The molecule has 0 aliphatic rings. The average molecular weight is 423 g/mol. The minimum absolute atomic E-state index is 0.154. The van der Waals surface area contributed by atoms with Crippen molar-refractivity contribution in [2.45, 2.75) is 13.8 Å². The van der Waals surface area contributed by atoms with Crippen molar-refractivity contribution in [3.8, 4) is 11.5 Å². The summed E-state index contributed by atoms with van der Waals surface area (Å²) >= 11 is 8.53. The summed E-state index contributed by atoms with van der Waals surface area (Å²) < 4.78 is 6.48. The van der Waals surface area contributed by atoms with Crippen LogP contribution in [0.5, 0.6) is 11.5 Å². The molecular weight excluding hydrogens is 404 g/mol. The van der Waals surface area contributed by atoms with Crippen molar-refractivity contribution in [1.82, 2.24) is 5.32 Å². The number of thiocarbonyl (C=S) groups is 1. The van der Waals surface area contributed by atoms with Crippen LogP contribution in [0.1, 0.15) is 24.2 Å². The van der Waals surface area contributed by atoms with Crippen molar-refractivity contribution >= 4 is 44.9 Å². The molecule has 25 heavy (non-hydrogen) atoms. The first-order valence-electron chi connectivity index (χ1n) is 7.69. The third-order valence-corrected chi connectivity index (χ3v) is 3.81. The highest BCUT2D eigenvalue weighted by Crippen LogP contribution is 2.24. The number of ether oxygens (including phenoxy) is 1. The summed E-state index contributed by atoms with van der Waals surface area (Å²) in [5.41, 5.74) is 1.05. The Hall–Kier alpha value is -2.12. The van der Waals surface area contributed by atoms with Gasteiger partial charge >= 0.3 is 0 Å². The molecule has 0 aliphatic carbocycles. The normalized spacial score (nSPS) is 10.4. The number of phenols is 1. The highest BCUT2D eigenvalue weighted by molar-refractivity contribution is 9.10. The molecule has 0 fully saturated rings. The van der Waals surface area contributed by atoms with Crippen molar-refractivity contribution in [3.05, 3.63) is 52.5 Å². The minimum Gasteiger partial charge on any atom is -0.508 e. The number of carbonyl (C=O) groups is 1. The Kier molecular flexibility index (Phi) is 6.78. The van der Waals surface area contributed by atoms with Gasteiger partial charge in [-0.15, -0.1) is 0 Å². The summed E-state index contributed by atoms with van der Waals surface area (Å²) in [4.78, 5) is 12.5. The summed E-state index contributed by atoms with van der Waals surface area (Å²) in [5, 5.41) is 15.0. The Bertz CT molecular complexity index is 763. The first-order valence-corrected chi connectivity index (χ1v) is 8.89. The number of amides is 1. The topological polar surface area (TPSA) is 70.6 Å². The number of aromatic hydroxyl groups is 1. The van der Waals surface area contributed by atoms with E-state index in [-0.39, 0.29) is 16.8 Å². The maximum atomic E-state index is 12.5. The van der Waals surface area contributed by atoms with E-state index in [0.717, 1.165) is 4.47 Å². The van der Waals surface area contributed by atoms with Crippen LogP contribution in [0.15, 0.2) is 46.9 Å². The minimum atomic E-state index is -0.365. The van der Waals surface area contributed by atoms with E-state index < -0.39 is 0 Å². The smallest absolute Gasteiger partial charge is 0.261 e. The van der Waals surface area contributed by atoms with E-state index in [4.69, 9.17) is 17.0 Å². The molecule has 2 aromatic carbocycles. The van der Waals surface area contributed by atoms with Gasteiger partial charge < -0.3 is 15.2 Å². The van der Waals surface area contributed by atoms with Crippen LogP contribution in [0, 0.1) is 5.92 Å². The SMILES string of the molecule is CC(C)COc1ccc(Br)cc1C(=O)NC(=S)Nc1ccc(O)cc1. The number of hydrogen-bond donors (Lipinski definition) is 3. The molecule has 0 aromatic heterocycles. The van der Waals surface area contributed by atoms with Crippen LogP contribution in [0.3, 0.4) is 0 Å². The van der Waals surface area contributed by atoms with E-state index in [1.165, 1.54) is 12.1 Å². The van der Waals surface area contributed by atoms with Crippen molar-refractivity contribution in [3.63, 3.8) is 0 Å². The van der Waals surface area contributed by atoms with Crippen molar-refractivity contribution in [1.29, 1.82) is 0 Å². The number of rotatable bonds is 5. The lowest BCUT2D eigenvalue weighted by Gasteiger charge is -2.14. The van der Waals surface area contributed by atoms with E-state index in [1.54, 1.807) is 24.3 Å². The van der Waals surface area contributed by atoms with Gasteiger partial charge in [-0.05, 0) is 60.6 Å². The lowest BCUT2D eigenvalue weighted by Crippen LogP contribution is -2.34.